The summed E-state index contributed by atoms with van der Waals surface area (Å²) in [6, 6.07) is 40.1. The Kier molecular flexibility index (Phi) is 9.42. The lowest BCUT2D eigenvalue weighted by atomic mass is 9.96. The lowest BCUT2D eigenvalue weighted by molar-refractivity contribution is 0.0697. The van der Waals surface area contributed by atoms with Crippen molar-refractivity contribution in [3.63, 3.8) is 0 Å². The Labute approximate surface area is 288 Å². The summed E-state index contributed by atoms with van der Waals surface area (Å²) in [5.41, 5.74) is 10.6. The van der Waals surface area contributed by atoms with Crippen LogP contribution in [0.1, 0.15) is 90.2 Å². The Hall–Kier alpha value is -5.42. The number of carboxylic acid groups (broad SMARTS) is 1. The third kappa shape index (κ3) is 6.80. The van der Waals surface area contributed by atoms with E-state index in [2.05, 4.69) is 127 Å². The lowest BCUT2D eigenvalue weighted by Crippen LogP contribution is -2.18. The van der Waals surface area contributed by atoms with E-state index >= 15 is 0 Å². The lowest BCUT2D eigenvalue weighted by Gasteiger charge is -2.24. The van der Waals surface area contributed by atoms with Gasteiger partial charge in [0.25, 0.3) is 0 Å². The molecule has 0 radical (unpaired) electrons. The molecule has 6 aromatic rings. The summed E-state index contributed by atoms with van der Waals surface area (Å²) < 4.78 is 2.38. The third-order valence-electron chi connectivity index (χ3n) is 9.80. The van der Waals surface area contributed by atoms with E-state index in [1.807, 2.05) is 12.1 Å². The van der Waals surface area contributed by atoms with Gasteiger partial charge < -0.3 is 9.67 Å². The number of carboxylic acids is 1. The van der Waals surface area contributed by atoms with Crippen molar-refractivity contribution < 1.29 is 9.90 Å². The summed E-state index contributed by atoms with van der Waals surface area (Å²) in [5.74, 6) is -0.923. The smallest absolute Gasteiger partial charge is 0.335 e. The number of anilines is 1. The molecule has 5 nitrogen and oxygen atoms in total. The summed E-state index contributed by atoms with van der Waals surface area (Å²) in [6.45, 7) is 5.39. The maximum absolute atomic E-state index is 11.5. The number of benzene rings is 5. The van der Waals surface area contributed by atoms with Gasteiger partial charge in [-0.15, -0.1) is 0 Å². The van der Waals surface area contributed by atoms with Gasteiger partial charge in [-0.2, -0.15) is 5.10 Å². The molecule has 0 fully saturated rings. The van der Waals surface area contributed by atoms with E-state index in [1.165, 1.54) is 64.2 Å². The number of unbranched alkanes of at least 4 members (excludes halogenated alkanes) is 3. The van der Waals surface area contributed by atoms with Gasteiger partial charge in [0.05, 0.1) is 23.0 Å². The van der Waals surface area contributed by atoms with E-state index in [1.54, 1.807) is 12.1 Å². The average Bonchev–Trinajstić information content (AvgIpc) is 3.73. The standard InChI is InChI=1S/C44H43N3O2/c1-3-5-6-7-10-31-15-20-35(21-16-31)43-30-40(34-22-24-36(25-23-34)44(48)49)45-47(43)37-26-17-32(18-27-37)13-14-33-19-28-42-39(29-33)38-11-8-9-12-41(38)46(42)4-2/h8-9,11-29,43H,3-7,10,30H2,1-2H3,(H,48,49)/b14-13+. The first kappa shape index (κ1) is 32.1. The summed E-state index contributed by atoms with van der Waals surface area (Å²) in [6.07, 6.45) is 11.2. The fourth-order valence-corrected chi connectivity index (χ4v) is 7.10. The molecule has 2 heterocycles. The predicted octanol–water partition coefficient (Wildman–Crippen LogP) is 11.2. The minimum Gasteiger partial charge on any atom is -0.478 e. The van der Waals surface area contributed by atoms with Crippen molar-refractivity contribution in [1.82, 2.24) is 4.57 Å². The molecule has 1 aliphatic heterocycles. The second kappa shape index (κ2) is 14.4. The van der Waals surface area contributed by atoms with Gasteiger partial charge in [0.2, 0.25) is 0 Å². The van der Waals surface area contributed by atoms with Gasteiger partial charge in [0.15, 0.2) is 0 Å². The molecule has 0 bridgehead atoms. The van der Waals surface area contributed by atoms with E-state index in [0.29, 0.717) is 0 Å². The number of aromatic carboxylic acids is 1. The molecule has 1 N–H and O–H groups in total. The Balaban J connectivity index is 1.14. The fraction of sp³-hybridized carbons (Fsp3) is 0.227. The van der Waals surface area contributed by atoms with Crippen LogP contribution in [0.2, 0.25) is 0 Å². The van der Waals surface area contributed by atoms with Gasteiger partial charge in [0.1, 0.15) is 0 Å². The average molecular weight is 646 g/mol. The van der Waals surface area contributed by atoms with Crippen molar-refractivity contribution in [1.29, 1.82) is 0 Å². The number of rotatable bonds is 12. The number of nitrogens with zero attached hydrogens (tertiary/aromatic N) is 3. The fourth-order valence-electron chi connectivity index (χ4n) is 7.10. The van der Waals surface area contributed by atoms with E-state index in [-0.39, 0.29) is 11.6 Å². The first-order valence-electron chi connectivity index (χ1n) is 17.6. The molecule has 0 amide bonds. The summed E-state index contributed by atoms with van der Waals surface area (Å²) in [4.78, 5) is 11.5. The zero-order valence-electron chi connectivity index (χ0n) is 28.3. The van der Waals surface area contributed by atoms with Gasteiger partial charge in [0, 0.05) is 34.8 Å². The normalized spacial score (nSPS) is 14.7. The number of hydrogen-bond donors (Lipinski definition) is 1. The topological polar surface area (TPSA) is 57.8 Å². The number of aromatic nitrogens is 1. The minimum atomic E-state index is -0.923. The largest absolute Gasteiger partial charge is 0.478 e. The minimum absolute atomic E-state index is 0.0432. The first-order valence-corrected chi connectivity index (χ1v) is 17.6. The van der Waals surface area contributed by atoms with Gasteiger partial charge in [-0.05, 0) is 90.0 Å². The molecule has 7 rings (SSSR count). The maximum atomic E-state index is 11.5. The van der Waals surface area contributed by atoms with Gasteiger partial charge in [-0.1, -0.05) is 111 Å². The second-order valence-corrected chi connectivity index (χ2v) is 13.0. The van der Waals surface area contributed by atoms with Gasteiger partial charge in [-0.3, -0.25) is 5.01 Å². The Morgan fingerprint density at radius 3 is 2.22 bits per heavy atom. The van der Waals surface area contributed by atoms with Crippen molar-refractivity contribution >= 4 is 51.3 Å². The van der Waals surface area contributed by atoms with Gasteiger partial charge in [-0.25, -0.2) is 4.79 Å². The highest BCUT2D eigenvalue weighted by atomic mass is 16.4. The molecule has 0 saturated heterocycles. The first-order chi connectivity index (χ1) is 24.0. The molecule has 1 atom stereocenters. The number of fused-ring (bicyclic) bond motifs is 3. The van der Waals surface area contributed by atoms with Crippen molar-refractivity contribution in [3.05, 3.63) is 149 Å². The summed E-state index contributed by atoms with van der Waals surface area (Å²) in [5, 5.41) is 19.2. The number of hydrogen-bond acceptors (Lipinski definition) is 3. The zero-order valence-corrected chi connectivity index (χ0v) is 28.3. The number of hydrazone groups is 1. The van der Waals surface area contributed by atoms with E-state index in [0.717, 1.165) is 41.9 Å². The molecular formula is C44H43N3O2. The van der Waals surface area contributed by atoms with Crippen LogP contribution in [0.25, 0.3) is 34.0 Å². The predicted molar refractivity (Wildman–Crippen MR) is 205 cm³/mol. The van der Waals surface area contributed by atoms with Crippen LogP contribution < -0.4 is 5.01 Å². The van der Waals surface area contributed by atoms with Crippen LogP contribution in [0, 0.1) is 0 Å². The molecule has 5 aromatic carbocycles. The van der Waals surface area contributed by atoms with Crippen LogP contribution >= 0.6 is 0 Å². The van der Waals surface area contributed by atoms with E-state index in [4.69, 9.17) is 5.10 Å². The monoisotopic (exact) mass is 645 g/mol. The molecule has 1 aliphatic rings. The Bertz CT molecular complexity index is 2140. The Morgan fingerprint density at radius 1 is 0.776 bits per heavy atom. The molecule has 0 saturated carbocycles. The second-order valence-electron chi connectivity index (χ2n) is 13.0. The van der Waals surface area contributed by atoms with Crippen LogP contribution in [-0.2, 0) is 13.0 Å². The number of carbonyl (C=O) groups is 1. The third-order valence-corrected chi connectivity index (χ3v) is 9.80. The van der Waals surface area contributed by atoms with E-state index < -0.39 is 5.97 Å². The molecule has 49 heavy (non-hydrogen) atoms. The molecule has 5 heteroatoms. The quantitative estimate of drug-likeness (QED) is 0.106. The Morgan fingerprint density at radius 2 is 1.49 bits per heavy atom. The van der Waals surface area contributed by atoms with Crippen LogP contribution in [0.4, 0.5) is 5.69 Å². The number of aryl methyl sites for hydroxylation is 2. The highest BCUT2D eigenvalue weighted by Gasteiger charge is 2.30. The van der Waals surface area contributed by atoms with Crippen LogP contribution in [0.15, 0.2) is 120 Å². The summed E-state index contributed by atoms with van der Waals surface area (Å²) >= 11 is 0. The summed E-state index contributed by atoms with van der Waals surface area (Å²) in [7, 11) is 0. The molecule has 0 spiro atoms. The van der Waals surface area contributed by atoms with Crippen LogP contribution in [0.5, 0.6) is 0 Å². The van der Waals surface area contributed by atoms with Crippen molar-refractivity contribution in [3.8, 4) is 0 Å². The van der Waals surface area contributed by atoms with Crippen molar-refractivity contribution in [2.75, 3.05) is 5.01 Å². The van der Waals surface area contributed by atoms with E-state index in [9.17, 15) is 9.90 Å². The van der Waals surface area contributed by atoms with Gasteiger partial charge >= 0.3 is 5.97 Å². The highest BCUT2D eigenvalue weighted by Crippen LogP contribution is 2.37. The molecule has 1 unspecified atom stereocenters. The van der Waals surface area contributed by atoms with Crippen LogP contribution in [0.3, 0.4) is 0 Å². The SMILES string of the molecule is CCCCCCc1ccc(C2CC(c3ccc(C(=O)O)cc3)=NN2c2ccc(/C=C/c3ccc4c(c3)c3ccccc3n4CC)cc2)cc1. The molecule has 1 aromatic heterocycles. The molecule has 246 valence electrons. The molecule has 0 aliphatic carbocycles. The number of para-hydroxylation sites is 1. The highest BCUT2D eigenvalue weighted by molar-refractivity contribution is 6.09. The molecular weight excluding hydrogens is 603 g/mol. The van der Waals surface area contributed by atoms with Crippen molar-refractivity contribution in [2.45, 2.75) is 65.0 Å². The van der Waals surface area contributed by atoms with Crippen LogP contribution in [-0.4, -0.2) is 21.4 Å². The zero-order chi connectivity index (χ0) is 33.7. The maximum Gasteiger partial charge on any atom is 0.335 e. The van der Waals surface area contributed by atoms with Crippen molar-refractivity contribution in [2.24, 2.45) is 5.10 Å².